The van der Waals surface area contributed by atoms with Crippen LogP contribution in [0.25, 0.3) is 11.1 Å². The monoisotopic (exact) mass is 353 g/mol. The van der Waals surface area contributed by atoms with E-state index in [9.17, 15) is 8.78 Å². The van der Waals surface area contributed by atoms with Crippen LogP contribution < -0.4 is 0 Å². The Morgan fingerprint density at radius 3 is 2.73 bits per heavy atom. The fraction of sp³-hybridized carbons (Fsp3) is 0.286. The van der Waals surface area contributed by atoms with E-state index in [4.69, 9.17) is 0 Å². The summed E-state index contributed by atoms with van der Waals surface area (Å²) in [6.07, 6.45) is 3.95. The number of piperidine rings is 1. The molecule has 5 heteroatoms. The predicted octanol–water partition coefficient (Wildman–Crippen LogP) is 4.73. The van der Waals surface area contributed by atoms with Gasteiger partial charge in [-0.3, -0.25) is 10.00 Å². The maximum atomic E-state index is 13.6. The lowest BCUT2D eigenvalue weighted by atomic mass is 9.90. The van der Waals surface area contributed by atoms with Crippen molar-refractivity contribution in [3.05, 3.63) is 77.6 Å². The smallest absolute Gasteiger partial charge is 0.123 e. The number of nitrogens with one attached hydrogen (secondary N) is 1. The molecule has 1 saturated heterocycles. The highest BCUT2D eigenvalue weighted by Gasteiger charge is 2.25. The number of hydrogen-bond acceptors (Lipinski definition) is 2. The second-order valence-electron chi connectivity index (χ2n) is 6.91. The third-order valence-electron chi connectivity index (χ3n) is 5.04. The number of aromatic amines is 1. The minimum absolute atomic E-state index is 0.206. The summed E-state index contributed by atoms with van der Waals surface area (Å²) in [6.45, 7) is 2.74. The number of nitrogens with zero attached hydrogens (tertiary/aromatic N) is 2. The molecule has 26 heavy (non-hydrogen) atoms. The van der Waals surface area contributed by atoms with Gasteiger partial charge in [0.2, 0.25) is 0 Å². The maximum Gasteiger partial charge on any atom is 0.123 e. The van der Waals surface area contributed by atoms with Gasteiger partial charge in [-0.25, -0.2) is 8.78 Å². The van der Waals surface area contributed by atoms with Gasteiger partial charge in [-0.05, 0) is 54.8 Å². The van der Waals surface area contributed by atoms with Crippen LogP contribution in [0.5, 0.6) is 0 Å². The number of H-pyrrole nitrogens is 1. The molecule has 0 aliphatic carbocycles. The molecule has 2 aromatic carbocycles. The van der Waals surface area contributed by atoms with Crippen LogP contribution in [0.1, 0.15) is 30.0 Å². The number of rotatable bonds is 4. The van der Waals surface area contributed by atoms with Crippen molar-refractivity contribution in [2.45, 2.75) is 25.3 Å². The first-order valence-electron chi connectivity index (χ1n) is 8.95. The molecule has 0 amide bonds. The summed E-state index contributed by atoms with van der Waals surface area (Å²) in [7, 11) is 0. The summed E-state index contributed by atoms with van der Waals surface area (Å²) in [5.74, 6) is -0.122. The highest BCUT2D eigenvalue weighted by Crippen LogP contribution is 2.33. The molecule has 3 aromatic rings. The average molecular weight is 353 g/mol. The lowest BCUT2D eigenvalue weighted by Crippen LogP contribution is -2.34. The molecular weight excluding hydrogens is 332 g/mol. The fourth-order valence-electron chi connectivity index (χ4n) is 3.78. The number of hydrogen-bond donors (Lipinski definition) is 1. The van der Waals surface area contributed by atoms with Crippen LogP contribution in [0.2, 0.25) is 0 Å². The van der Waals surface area contributed by atoms with Gasteiger partial charge in [0.15, 0.2) is 0 Å². The van der Waals surface area contributed by atoms with Crippen molar-refractivity contribution in [3.63, 3.8) is 0 Å². The molecule has 0 spiro atoms. The van der Waals surface area contributed by atoms with Crippen molar-refractivity contribution in [3.8, 4) is 11.1 Å². The molecule has 2 heterocycles. The maximum absolute atomic E-state index is 13.6. The van der Waals surface area contributed by atoms with Crippen molar-refractivity contribution < 1.29 is 8.78 Å². The first-order valence-corrected chi connectivity index (χ1v) is 8.95. The van der Waals surface area contributed by atoms with Gasteiger partial charge in [0.05, 0.1) is 6.20 Å². The number of halogens is 2. The normalized spacial score (nSPS) is 18.2. The van der Waals surface area contributed by atoms with Crippen LogP contribution in [0.3, 0.4) is 0 Å². The molecule has 1 unspecified atom stereocenters. The van der Waals surface area contributed by atoms with Crippen LogP contribution in [0.15, 0.2) is 54.7 Å². The van der Waals surface area contributed by atoms with E-state index in [0.717, 1.165) is 54.9 Å². The van der Waals surface area contributed by atoms with E-state index in [-0.39, 0.29) is 11.6 Å². The molecule has 1 N–H and O–H groups in total. The summed E-state index contributed by atoms with van der Waals surface area (Å²) in [4.78, 5) is 2.39. The van der Waals surface area contributed by atoms with Gasteiger partial charge in [-0.1, -0.05) is 24.3 Å². The second-order valence-corrected chi connectivity index (χ2v) is 6.91. The van der Waals surface area contributed by atoms with E-state index in [1.807, 2.05) is 18.2 Å². The Morgan fingerprint density at radius 2 is 1.92 bits per heavy atom. The molecule has 1 aliphatic heterocycles. The van der Waals surface area contributed by atoms with Gasteiger partial charge in [-0.15, -0.1) is 0 Å². The quantitative estimate of drug-likeness (QED) is 0.735. The molecule has 1 aliphatic rings. The minimum Gasteiger partial charge on any atom is -0.298 e. The van der Waals surface area contributed by atoms with Crippen LogP contribution >= 0.6 is 0 Å². The van der Waals surface area contributed by atoms with E-state index in [1.165, 1.54) is 18.2 Å². The summed E-state index contributed by atoms with van der Waals surface area (Å²) in [5, 5.41) is 7.35. The van der Waals surface area contributed by atoms with Gasteiger partial charge >= 0.3 is 0 Å². The summed E-state index contributed by atoms with van der Waals surface area (Å²) in [5.41, 5.74) is 4.00. The van der Waals surface area contributed by atoms with Crippen molar-refractivity contribution in [1.82, 2.24) is 15.1 Å². The lowest BCUT2D eigenvalue weighted by molar-refractivity contribution is 0.198. The molecule has 134 valence electrons. The van der Waals surface area contributed by atoms with E-state index in [0.29, 0.717) is 5.92 Å². The zero-order chi connectivity index (χ0) is 17.9. The van der Waals surface area contributed by atoms with E-state index >= 15 is 0 Å². The molecule has 3 nitrogen and oxygen atoms in total. The molecule has 1 aromatic heterocycles. The lowest BCUT2D eigenvalue weighted by Gasteiger charge is -2.32. The van der Waals surface area contributed by atoms with Gasteiger partial charge < -0.3 is 0 Å². The summed E-state index contributed by atoms with van der Waals surface area (Å²) in [6, 6.07) is 13.3. The molecule has 4 rings (SSSR count). The number of aromatic nitrogens is 2. The second kappa shape index (κ2) is 7.38. The fourth-order valence-corrected chi connectivity index (χ4v) is 3.78. The molecule has 1 atom stereocenters. The third-order valence-corrected chi connectivity index (χ3v) is 5.04. The first-order chi connectivity index (χ1) is 12.7. The van der Waals surface area contributed by atoms with Crippen LogP contribution in [0.4, 0.5) is 8.78 Å². The zero-order valence-corrected chi connectivity index (χ0v) is 14.5. The van der Waals surface area contributed by atoms with Gasteiger partial charge in [0.1, 0.15) is 11.6 Å². The Balaban J connectivity index is 1.52. The third kappa shape index (κ3) is 3.68. The topological polar surface area (TPSA) is 31.9 Å². The Kier molecular flexibility index (Phi) is 4.80. The Labute approximate surface area is 151 Å². The van der Waals surface area contributed by atoms with Crippen molar-refractivity contribution in [2.75, 3.05) is 13.1 Å². The van der Waals surface area contributed by atoms with E-state index < -0.39 is 0 Å². The van der Waals surface area contributed by atoms with Crippen LogP contribution in [0, 0.1) is 11.6 Å². The van der Waals surface area contributed by atoms with Crippen molar-refractivity contribution in [1.29, 1.82) is 0 Å². The van der Waals surface area contributed by atoms with Gasteiger partial charge in [-0.2, -0.15) is 5.10 Å². The van der Waals surface area contributed by atoms with Gasteiger partial charge in [0, 0.05) is 30.3 Å². The largest absolute Gasteiger partial charge is 0.298 e. The van der Waals surface area contributed by atoms with Crippen LogP contribution in [-0.4, -0.2) is 28.2 Å². The Bertz CT molecular complexity index is 873. The number of likely N-dealkylation sites (tertiary alicyclic amines) is 1. The number of benzene rings is 2. The molecule has 0 radical (unpaired) electrons. The van der Waals surface area contributed by atoms with E-state index in [2.05, 4.69) is 15.1 Å². The Morgan fingerprint density at radius 1 is 1.08 bits per heavy atom. The standard InChI is InChI=1S/C21H21F2N3/c22-18-8-6-15(7-9-18)13-26-10-2-4-17(14-26)21-20(12-24-25-21)16-3-1-5-19(23)11-16/h1,3,5-9,11-12,17H,2,4,10,13-14H2,(H,24,25). The SMILES string of the molecule is Fc1ccc(CN2CCCC(c3[nH]ncc3-c3cccc(F)c3)C2)cc1. The molecule has 1 fully saturated rings. The molecular formula is C21H21F2N3. The Hall–Kier alpha value is -2.53. The minimum atomic E-state index is -0.240. The molecule has 0 saturated carbocycles. The van der Waals surface area contributed by atoms with E-state index in [1.54, 1.807) is 18.3 Å². The van der Waals surface area contributed by atoms with Gasteiger partial charge in [0.25, 0.3) is 0 Å². The first kappa shape index (κ1) is 16.9. The van der Waals surface area contributed by atoms with Crippen molar-refractivity contribution in [2.24, 2.45) is 0 Å². The summed E-state index contributed by atoms with van der Waals surface area (Å²) < 4.78 is 26.7. The molecule has 0 bridgehead atoms. The van der Waals surface area contributed by atoms with Crippen LogP contribution in [-0.2, 0) is 6.54 Å². The highest BCUT2D eigenvalue weighted by atomic mass is 19.1. The summed E-state index contributed by atoms with van der Waals surface area (Å²) >= 11 is 0. The highest BCUT2D eigenvalue weighted by molar-refractivity contribution is 5.65. The predicted molar refractivity (Wildman–Crippen MR) is 97.6 cm³/mol. The average Bonchev–Trinajstić information content (AvgIpc) is 3.14. The van der Waals surface area contributed by atoms with Crippen molar-refractivity contribution >= 4 is 0 Å². The zero-order valence-electron chi connectivity index (χ0n) is 14.5.